The van der Waals surface area contributed by atoms with Crippen LogP contribution in [0.1, 0.15) is 24.3 Å². The molecule has 0 saturated heterocycles. The standard InChI is InChI=1S/C20H23N3O4/c1-3-26-19(24)17-16(13-23(2)12-15-10-7-11-27-15)21-20(25)22-18(17)14-8-5-4-6-9-14/h4-11,18H,3,12-13H2,1-2H3,(H2,21,22,25). The monoisotopic (exact) mass is 369 g/mol. The Morgan fingerprint density at radius 2 is 1.96 bits per heavy atom. The Bertz CT molecular complexity index is 815. The molecule has 0 aliphatic carbocycles. The first kappa shape index (κ1) is 18.7. The molecule has 27 heavy (non-hydrogen) atoms. The van der Waals surface area contributed by atoms with Gasteiger partial charge in [-0.2, -0.15) is 0 Å². The Morgan fingerprint density at radius 3 is 2.63 bits per heavy atom. The number of rotatable bonds is 7. The SMILES string of the molecule is CCOC(=O)C1=C(CN(C)Cc2ccco2)NC(=O)NC1c1ccccc1. The van der Waals surface area contributed by atoms with E-state index in [1.807, 2.05) is 54.4 Å². The van der Waals surface area contributed by atoms with E-state index < -0.39 is 12.0 Å². The number of urea groups is 1. The average molecular weight is 369 g/mol. The number of carbonyl (C=O) groups is 2. The number of amides is 2. The quantitative estimate of drug-likeness (QED) is 0.733. The summed E-state index contributed by atoms with van der Waals surface area (Å²) in [5.74, 6) is 0.357. The van der Waals surface area contributed by atoms with E-state index in [4.69, 9.17) is 9.15 Å². The molecule has 1 aromatic carbocycles. The number of esters is 1. The molecule has 1 aromatic heterocycles. The van der Waals surface area contributed by atoms with Gasteiger partial charge in [-0.1, -0.05) is 30.3 Å². The number of benzene rings is 1. The van der Waals surface area contributed by atoms with Crippen molar-refractivity contribution in [2.24, 2.45) is 0 Å². The fraction of sp³-hybridized carbons (Fsp3) is 0.300. The number of likely N-dealkylation sites (N-methyl/N-ethyl adjacent to an activating group) is 1. The Hall–Kier alpha value is -3.06. The van der Waals surface area contributed by atoms with Gasteiger partial charge in [0.05, 0.1) is 31.0 Å². The Balaban J connectivity index is 1.92. The minimum Gasteiger partial charge on any atom is -0.468 e. The van der Waals surface area contributed by atoms with E-state index >= 15 is 0 Å². The number of nitrogens with one attached hydrogen (secondary N) is 2. The molecule has 0 bridgehead atoms. The molecular weight excluding hydrogens is 346 g/mol. The maximum Gasteiger partial charge on any atom is 0.338 e. The van der Waals surface area contributed by atoms with Crippen molar-refractivity contribution in [3.63, 3.8) is 0 Å². The van der Waals surface area contributed by atoms with Crippen molar-refractivity contribution in [1.29, 1.82) is 0 Å². The van der Waals surface area contributed by atoms with Gasteiger partial charge in [-0.25, -0.2) is 9.59 Å². The van der Waals surface area contributed by atoms with E-state index in [-0.39, 0.29) is 12.6 Å². The lowest BCUT2D eigenvalue weighted by Gasteiger charge is -2.31. The van der Waals surface area contributed by atoms with E-state index in [0.717, 1.165) is 11.3 Å². The van der Waals surface area contributed by atoms with Gasteiger partial charge >= 0.3 is 12.0 Å². The van der Waals surface area contributed by atoms with Gasteiger partial charge < -0.3 is 19.8 Å². The molecule has 1 atom stereocenters. The molecule has 1 aliphatic rings. The zero-order valence-corrected chi connectivity index (χ0v) is 15.4. The highest BCUT2D eigenvalue weighted by Crippen LogP contribution is 2.28. The predicted octanol–water partition coefficient (Wildman–Crippen LogP) is 2.58. The predicted molar refractivity (Wildman–Crippen MR) is 99.6 cm³/mol. The smallest absolute Gasteiger partial charge is 0.338 e. The first-order chi connectivity index (χ1) is 13.1. The van der Waals surface area contributed by atoms with E-state index in [9.17, 15) is 9.59 Å². The van der Waals surface area contributed by atoms with Crippen molar-refractivity contribution in [3.8, 4) is 0 Å². The average Bonchev–Trinajstić information content (AvgIpc) is 3.15. The molecule has 0 radical (unpaired) electrons. The van der Waals surface area contributed by atoms with Crippen LogP contribution in [-0.2, 0) is 16.1 Å². The van der Waals surface area contributed by atoms with E-state index in [1.165, 1.54) is 0 Å². The van der Waals surface area contributed by atoms with Gasteiger partial charge in [0.2, 0.25) is 0 Å². The van der Waals surface area contributed by atoms with E-state index in [0.29, 0.717) is 24.4 Å². The summed E-state index contributed by atoms with van der Waals surface area (Å²) in [6, 6.07) is 12.2. The molecule has 7 heteroatoms. The van der Waals surface area contributed by atoms with Crippen LogP contribution in [0.25, 0.3) is 0 Å². The fourth-order valence-corrected chi connectivity index (χ4v) is 3.08. The lowest BCUT2D eigenvalue weighted by atomic mass is 9.95. The summed E-state index contributed by atoms with van der Waals surface area (Å²) < 4.78 is 10.6. The van der Waals surface area contributed by atoms with Gasteiger partial charge in [-0.05, 0) is 31.7 Å². The van der Waals surface area contributed by atoms with Gasteiger partial charge in [0.1, 0.15) is 5.76 Å². The summed E-state index contributed by atoms with van der Waals surface area (Å²) in [5, 5.41) is 5.60. The molecule has 142 valence electrons. The minimum atomic E-state index is -0.564. The van der Waals surface area contributed by atoms with Gasteiger partial charge in [-0.3, -0.25) is 4.90 Å². The summed E-state index contributed by atoms with van der Waals surface area (Å²) in [7, 11) is 1.89. The summed E-state index contributed by atoms with van der Waals surface area (Å²) in [6.07, 6.45) is 1.62. The molecule has 3 rings (SSSR count). The van der Waals surface area contributed by atoms with Crippen molar-refractivity contribution < 1.29 is 18.7 Å². The lowest BCUT2D eigenvalue weighted by Crippen LogP contribution is -2.48. The zero-order chi connectivity index (χ0) is 19.2. The van der Waals surface area contributed by atoms with Crippen LogP contribution < -0.4 is 10.6 Å². The zero-order valence-electron chi connectivity index (χ0n) is 15.4. The molecule has 2 amide bonds. The van der Waals surface area contributed by atoms with E-state index in [1.54, 1.807) is 13.2 Å². The van der Waals surface area contributed by atoms with Gasteiger partial charge in [0, 0.05) is 12.2 Å². The maximum absolute atomic E-state index is 12.7. The van der Waals surface area contributed by atoms with Crippen LogP contribution in [0, 0.1) is 0 Å². The summed E-state index contributed by atoms with van der Waals surface area (Å²) >= 11 is 0. The first-order valence-corrected chi connectivity index (χ1v) is 8.82. The number of nitrogens with zero attached hydrogens (tertiary/aromatic N) is 1. The molecule has 0 fully saturated rings. The van der Waals surface area contributed by atoms with Crippen molar-refractivity contribution >= 4 is 12.0 Å². The number of hydrogen-bond acceptors (Lipinski definition) is 5. The van der Waals surface area contributed by atoms with Gasteiger partial charge in [-0.15, -0.1) is 0 Å². The molecule has 0 saturated carbocycles. The van der Waals surface area contributed by atoms with Crippen molar-refractivity contribution in [3.05, 3.63) is 71.3 Å². The van der Waals surface area contributed by atoms with Crippen LogP contribution in [0.15, 0.2) is 64.4 Å². The Kier molecular flexibility index (Phi) is 5.93. The fourth-order valence-electron chi connectivity index (χ4n) is 3.08. The van der Waals surface area contributed by atoms with Crippen LogP contribution in [0.4, 0.5) is 4.79 Å². The molecule has 7 nitrogen and oxygen atoms in total. The van der Waals surface area contributed by atoms with Crippen LogP contribution in [0.2, 0.25) is 0 Å². The van der Waals surface area contributed by atoms with Crippen molar-refractivity contribution in [1.82, 2.24) is 15.5 Å². The normalized spacial score (nSPS) is 16.9. The molecule has 1 unspecified atom stereocenters. The number of ether oxygens (including phenoxy) is 1. The second-order valence-corrected chi connectivity index (χ2v) is 6.31. The molecule has 2 N–H and O–H groups in total. The number of hydrogen-bond donors (Lipinski definition) is 2. The van der Waals surface area contributed by atoms with Gasteiger partial charge in [0.25, 0.3) is 0 Å². The highest BCUT2D eigenvalue weighted by atomic mass is 16.5. The second-order valence-electron chi connectivity index (χ2n) is 6.31. The molecule has 0 spiro atoms. The molecular formula is C20H23N3O4. The van der Waals surface area contributed by atoms with Crippen LogP contribution in [0.5, 0.6) is 0 Å². The van der Waals surface area contributed by atoms with Gasteiger partial charge in [0.15, 0.2) is 0 Å². The largest absolute Gasteiger partial charge is 0.468 e. The second kappa shape index (κ2) is 8.55. The molecule has 2 aromatic rings. The maximum atomic E-state index is 12.7. The first-order valence-electron chi connectivity index (χ1n) is 8.82. The molecule has 2 heterocycles. The topological polar surface area (TPSA) is 83.8 Å². The lowest BCUT2D eigenvalue weighted by molar-refractivity contribution is -0.139. The summed E-state index contributed by atoms with van der Waals surface area (Å²) in [6.45, 7) is 2.93. The van der Waals surface area contributed by atoms with Crippen LogP contribution in [-0.4, -0.2) is 37.1 Å². The third-order valence-corrected chi connectivity index (χ3v) is 4.22. The minimum absolute atomic E-state index is 0.257. The van der Waals surface area contributed by atoms with E-state index in [2.05, 4.69) is 10.6 Å². The third kappa shape index (κ3) is 4.57. The van der Waals surface area contributed by atoms with Crippen LogP contribution >= 0.6 is 0 Å². The van der Waals surface area contributed by atoms with Crippen molar-refractivity contribution in [2.75, 3.05) is 20.2 Å². The van der Waals surface area contributed by atoms with Crippen molar-refractivity contribution in [2.45, 2.75) is 19.5 Å². The third-order valence-electron chi connectivity index (χ3n) is 4.22. The summed E-state index contributed by atoms with van der Waals surface area (Å²) in [4.78, 5) is 26.9. The number of furan rings is 1. The highest BCUT2D eigenvalue weighted by Gasteiger charge is 2.33. The van der Waals surface area contributed by atoms with Crippen LogP contribution in [0.3, 0.4) is 0 Å². The highest BCUT2D eigenvalue weighted by molar-refractivity contribution is 5.95. The molecule has 1 aliphatic heterocycles. The summed E-state index contributed by atoms with van der Waals surface area (Å²) in [5.41, 5.74) is 1.76. The Morgan fingerprint density at radius 1 is 1.19 bits per heavy atom. The number of carbonyl (C=O) groups excluding carboxylic acids is 2. The Labute approximate surface area is 158 Å².